The molecule has 1 saturated heterocycles. The summed E-state index contributed by atoms with van der Waals surface area (Å²) in [4.78, 5) is 32.0. The highest BCUT2D eigenvalue weighted by atomic mass is 35.5. The molecule has 1 aliphatic rings. The van der Waals surface area contributed by atoms with E-state index in [1.54, 1.807) is 26.2 Å². The molecule has 24 heavy (non-hydrogen) atoms. The number of hydrogen-bond acceptors (Lipinski definition) is 6. The van der Waals surface area contributed by atoms with Gasteiger partial charge in [-0.3, -0.25) is 4.79 Å². The van der Waals surface area contributed by atoms with Gasteiger partial charge in [0.25, 0.3) is 0 Å². The number of ether oxygens (including phenoxy) is 1. The predicted octanol–water partition coefficient (Wildman–Crippen LogP) is 0.938. The van der Waals surface area contributed by atoms with Gasteiger partial charge in [0, 0.05) is 32.4 Å². The number of hydrogen-bond donors (Lipinski definition) is 1. The van der Waals surface area contributed by atoms with Crippen molar-refractivity contribution in [3.8, 4) is 0 Å². The van der Waals surface area contributed by atoms with E-state index in [1.165, 1.54) is 0 Å². The molecule has 0 aromatic carbocycles. The molecule has 8 heteroatoms. The summed E-state index contributed by atoms with van der Waals surface area (Å²) in [5.74, 6) is 0.590. The average molecular weight is 357 g/mol. The molecule has 0 unspecified atom stereocenters. The SMILES string of the molecule is CCOC(=O)c1ccc(N2CCCN(C(=O)CNC)CC2)nc1.Cl. The fourth-order valence-corrected chi connectivity index (χ4v) is 2.57. The monoisotopic (exact) mass is 356 g/mol. The van der Waals surface area contributed by atoms with Gasteiger partial charge in [0.1, 0.15) is 5.82 Å². The second kappa shape index (κ2) is 10.1. The Morgan fingerprint density at radius 1 is 1.25 bits per heavy atom. The molecule has 1 amide bonds. The summed E-state index contributed by atoms with van der Waals surface area (Å²) in [7, 11) is 1.77. The molecule has 0 spiro atoms. The molecule has 0 saturated carbocycles. The van der Waals surface area contributed by atoms with Crippen molar-refractivity contribution < 1.29 is 14.3 Å². The second-order valence-electron chi connectivity index (χ2n) is 5.38. The Bertz CT molecular complexity index is 539. The number of nitrogens with one attached hydrogen (secondary N) is 1. The molecule has 1 fully saturated rings. The topological polar surface area (TPSA) is 74.8 Å². The highest BCUT2D eigenvalue weighted by Gasteiger charge is 2.19. The number of amides is 1. The molecule has 1 aromatic rings. The summed E-state index contributed by atoms with van der Waals surface area (Å²) >= 11 is 0. The molecular formula is C16H25ClN4O3. The molecular weight excluding hydrogens is 332 g/mol. The second-order valence-corrected chi connectivity index (χ2v) is 5.38. The molecule has 1 N–H and O–H groups in total. The first kappa shape index (κ1) is 20.2. The lowest BCUT2D eigenvalue weighted by molar-refractivity contribution is -0.129. The lowest BCUT2D eigenvalue weighted by Gasteiger charge is -2.23. The molecule has 2 heterocycles. The highest BCUT2D eigenvalue weighted by molar-refractivity contribution is 5.89. The molecule has 0 atom stereocenters. The first-order valence-electron chi connectivity index (χ1n) is 7.96. The minimum atomic E-state index is -0.355. The third-order valence-electron chi connectivity index (χ3n) is 3.76. The number of aromatic nitrogens is 1. The quantitative estimate of drug-likeness (QED) is 0.791. The predicted molar refractivity (Wildman–Crippen MR) is 94.8 cm³/mol. The van der Waals surface area contributed by atoms with Crippen LogP contribution in [0.1, 0.15) is 23.7 Å². The molecule has 1 aromatic heterocycles. The van der Waals surface area contributed by atoms with Crippen molar-refractivity contribution in [3.63, 3.8) is 0 Å². The third kappa shape index (κ3) is 5.35. The van der Waals surface area contributed by atoms with Crippen LogP contribution in [-0.4, -0.2) is 68.1 Å². The standard InChI is InChI=1S/C16H24N4O3.ClH/c1-3-23-16(22)13-5-6-14(18-11-13)19-7-4-8-20(10-9-19)15(21)12-17-2;/h5-6,11,17H,3-4,7-10,12H2,1-2H3;1H. The van der Waals surface area contributed by atoms with Crippen molar-refractivity contribution >= 4 is 30.1 Å². The van der Waals surface area contributed by atoms with Gasteiger partial charge >= 0.3 is 5.97 Å². The molecule has 0 bridgehead atoms. The molecule has 7 nitrogen and oxygen atoms in total. The van der Waals surface area contributed by atoms with Gasteiger partial charge in [0.05, 0.1) is 18.7 Å². The largest absolute Gasteiger partial charge is 0.462 e. The van der Waals surface area contributed by atoms with E-state index in [9.17, 15) is 9.59 Å². The van der Waals surface area contributed by atoms with Gasteiger partial charge < -0.3 is 19.9 Å². The Hall–Kier alpha value is -1.86. The van der Waals surface area contributed by atoms with Gasteiger partial charge in [-0.05, 0) is 32.5 Å². The van der Waals surface area contributed by atoms with Crippen LogP contribution >= 0.6 is 12.4 Å². The number of esters is 1. The smallest absolute Gasteiger partial charge is 0.339 e. The van der Waals surface area contributed by atoms with Gasteiger partial charge in [0.15, 0.2) is 0 Å². The lowest BCUT2D eigenvalue weighted by atomic mass is 10.2. The average Bonchev–Trinajstić information content (AvgIpc) is 2.81. The van der Waals surface area contributed by atoms with Crippen molar-refractivity contribution in [2.45, 2.75) is 13.3 Å². The highest BCUT2D eigenvalue weighted by Crippen LogP contribution is 2.15. The van der Waals surface area contributed by atoms with Crippen LogP contribution in [-0.2, 0) is 9.53 Å². The van der Waals surface area contributed by atoms with Crippen LogP contribution in [0.25, 0.3) is 0 Å². The van der Waals surface area contributed by atoms with Crippen molar-refractivity contribution in [1.82, 2.24) is 15.2 Å². The molecule has 0 aliphatic carbocycles. The summed E-state index contributed by atoms with van der Waals surface area (Å²) in [6, 6.07) is 3.56. The van der Waals surface area contributed by atoms with Gasteiger partial charge in [-0.2, -0.15) is 0 Å². The summed E-state index contributed by atoms with van der Waals surface area (Å²) in [6.45, 7) is 5.52. The molecule has 1 aliphatic heterocycles. The van der Waals surface area contributed by atoms with Gasteiger partial charge in [-0.1, -0.05) is 0 Å². The number of carbonyl (C=O) groups excluding carboxylic acids is 2. The number of pyridine rings is 1. The Morgan fingerprint density at radius 3 is 2.67 bits per heavy atom. The summed E-state index contributed by atoms with van der Waals surface area (Å²) in [6.07, 6.45) is 2.44. The first-order chi connectivity index (χ1) is 11.2. The number of rotatable bonds is 5. The van der Waals surface area contributed by atoms with E-state index >= 15 is 0 Å². The minimum Gasteiger partial charge on any atom is -0.462 e. The Labute approximate surface area is 148 Å². The van der Waals surface area contributed by atoms with Crippen LogP contribution in [0.2, 0.25) is 0 Å². The number of likely N-dealkylation sites (N-methyl/N-ethyl adjacent to an activating group) is 1. The van der Waals surface area contributed by atoms with Crippen LogP contribution in [0.3, 0.4) is 0 Å². The van der Waals surface area contributed by atoms with Crippen LogP contribution in [0.4, 0.5) is 5.82 Å². The van der Waals surface area contributed by atoms with Crippen molar-refractivity contribution in [2.24, 2.45) is 0 Å². The maximum Gasteiger partial charge on any atom is 0.339 e. The van der Waals surface area contributed by atoms with E-state index in [1.807, 2.05) is 11.0 Å². The fourth-order valence-electron chi connectivity index (χ4n) is 2.57. The molecule has 2 rings (SSSR count). The summed E-state index contributed by atoms with van der Waals surface area (Å²) in [5.41, 5.74) is 0.455. The summed E-state index contributed by atoms with van der Waals surface area (Å²) in [5, 5.41) is 2.89. The van der Waals surface area contributed by atoms with E-state index in [2.05, 4.69) is 15.2 Å². The normalized spacial score (nSPS) is 14.6. The first-order valence-corrected chi connectivity index (χ1v) is 7.96. The zero-order valence-corrected chi connectivity index (χ0v) is 15.0. The van der Waals surface area contributed by atoms with Gasteiger partial charge in [0.2, 0.25) is 5.91 Å². The van der Waals surface area contributed by atoms with Gasteiger partial charge in [-0.25, -0.2) is 9.78 Å². The van der Waals surface area contributed by atoms with Crippen LogP contribution in [0.5, 0.6) is 0 Å². The van der Waals surface area contributed by atoms with Crippen molar-refractivity contribution in [1.29, 1.82) is 0 Å². The van der Waals surface area contributed by atoms with E-state index in [4.69, 9.17) is 4.74 Å². The maximum absolute atomic E-state index is 12.0. The zero-order chi connectivity index (χ0) is 16.7. The zero-order valence-electron chi connectivity index (χ0n) is 14.2. The molecule has 0 radical (unpaired) electrons. The van der Waals surface area contributed by atoms with Gasteiger partial charge in [-0.15, -0.1) is 12.4 Å². The van der Waals surface area contributed by atoms with E-state index in [0.29, 0.717) is 25.3 Å². The number of nitrogens with zero attached hydrogens (tertiary/aromatic N) is 3. The van der Waals surface area contributed by atoms with E-state index < -0.39 is 0 Å². The van der Waals surface area contributed by atoms with Crippen LogP contribution in [0, 0.1) is 0 Å². The summed E-state index contributed by atoms with van der Waals surface area (Å²) < 4.78 is 4.95. The van der Waals surface area contributed by atoms with E-state index in [-0.39, 0.29) is 24.3 Å². The minimum absolute atomic E-state index is 0. The number of carbonyl (C=O) groups is 2. The number of anilines is 1. The number of halogens is 1. The third-order valence-corrected chi connectivity index (χ3v) is 3.76. The van der Waals surface area contributed by atoms with Crippen LogP contribution in [0.15, 0.2) is 18.3 Å². The van der Waals surface area contributed by atoms with Crippen molar-refractivity contribution in [3.05, 3.63) is 23.9 Å². The Balaban J connectivity index is 0.00000288. The van der Waals surface area contributed by atoms with Crippen LogP contribution < -0.4 is 10.2 Å². The molecule has 134 valence electrons. The van der Waals surface area contributed by atoms with Crippen molar-refractivity contribution in [2.75, 3.05) is 51.3 Å². The fraction of sp³-hybridized carbons (Fsp3) is 0.562. The Morgan fingerprint density at radius 2 is 2.04 bits per heavy atom. The maximum atomic E-state index is 12.0. The Kier molecular flexibility index (Phi) is 8.49. The van der Waals surface area contributed by atoms with E-state index in [0.717, 1.165) is 31.9 Å². The lowest BCUT2D eigenvalue weighted by Crippen LogP contribution is -2.39.